The first-order valence-electron chi connectivity index (χ1n) is 4.50. The lowest BCUT2D eigenvalue weighted by molar-refractivity contribution is -0.384. The van der Waals surface area contributed by atoms with Crippen LogP contribution in [0.1, 0.15) is 0 Å². The van der Waals surface area contributed by atoms with Crippen molar-refractivity contribution in [2.24, 2.45) is 5.18 Å². The zero-order valence-corrected chi connectivity index (χ0v) is 8.87. The first-order chi connectivity index (χ1) is 8.08. The van der Waals surface area contributed by atoms with Gasteiger partial charge in [-0.3, -0.25) is 14.9 Å². The summed E-state index contributed by atoms with van der Waals surface area (Å²) < 4.78 is 4.83. The maximum Gasteiger partial charge on any atom is 0.296 e. The number of nitrogens with zero attached hydrogens (tertiary/aromatic N) is 2. The van der Waals surface area contributed by atoms with Crippen molar-refractivity contribution in [1.82, 2.24) is 0 Å². The molecule has 8 nitrogen and oxygen atoms in total. The second-order valence-electron chi connectivity index (χ2n) is 2.98. The van der Waals surface area contributed by atoms with Crippen LogP contribution in [0.25, 0.3) is 0 Å². The van der Waals surface area contributed by atoms with Gasteiger partial charge in [0.15, 0.2) is 6.54 Å². The normalized spacial score (nSPS) is 9.47. The SMILES string of the molecule is COc1ccc(NC(=O)CN=O)c([N+](=O)[O-])c1. The molecule has 0 aromatic heterocycles. The van der Waals surface area contributed by atoms with E-state index in [0.717, 1.165) is 0 Å². The molecule has 0 fully saturated rings. The van der Waals surface area contributed by atoms with Crippen LogP contribution < -0.4 is 10.1 Å². The van der Waals surface area contributed by atoms with E-state index in [9.17, 15) is 19.8 Å². The van der Waals surface area contributed by atoms with Gasteiger partial charge < -0.3 is 10.1 Å². The first kappa shape index (κ1) is 12.6. The summed E-state index contributed by atoms with van der Waals surface area (Å²) in [5.74, 6) is -0.420. The van der Waals surface area contributed by atoms with Crippen LogP contribution in [0.3, 0.4) is 0 Å². The molecule has 1 aromatic rings. The van der Waals surface area contributed by atoms with Gasteiger partial charge in [0, 0.05) is 0 Å². The van der Waals surface area contributed by atoms with Gasteiger partial charge in [0.2, 0.25) is 5.91 Å². The molecular formula is C9H9N3O5. The second kappa shape index (κ2) is 5.54. The van der Waals surface area contributed by atoms with E-state index in [-0.39, 0.29) is 11.4 Å². The van der Waals surface area contributed by atoms with Crippen LogP contribution in [0.2, 0.25) is 0 Å². The molecule has 1 rings (SSSR count). The second-order valence-corrected chi connectivity index (χ2v) is 2.98. The minimum absolute atomic E-state index is 0.00977. The number of methoxy groups -OCH3 is 1. The molecule has 0 radical (unpaired) electrons. The highest BCUT2D eigenvalue weighted by molar-refractivity contribution is 5.94. The van der Waals surface area contributed by atoms with Gasteiger partial charge in [-0.2, -0.15) is 4.91 Å². The van der Waals surface area contributed by atoms with Gasteiger partial charge in [0.25, 0.3) is 5.69 Å². The third kappa shape index (κ3) is 3.23. The summed E-state index contributed by atoms with van der Waals surface area (Å²) in [4.78, 5) is 31.0. The third-order valence-electron chi connectivity index (χ3n) is 1.88. The molecule has 0 atom stereocenters. The zero-order valence-electron chi connectivity index (χ0n) is 8.87. The number of benzene rings is 1. The molecule has 0 bridgehead atoms. The van der Waals surface area contributed by atoms with Crippen molar-refractivity contribution in [3.05, 3.63) is 33.2 Å². The molecule has 0 spiro atoms. The molecule has 1 N–H and O–H groups in total. The van der Waals surface area contributed by atoms with Crippen LogP contribution in [0, 0.1) is 15.0 Å². The van der Waals surface area contributed by atoms with Gasteiger partial charge in [0.05, 0.1) is 18.1 Å². The minimum atomic E-state index is -0.715. The Bertz CT molecular complexity index is 460. The van der Waals surface area contributed by atoms with E-state index in [4.69, 9.17) is 4.74 Å². The molecule has 8 heteroatoms. The number of nitro groups is 1. The Morgan fingerprint density at radius 2 is 2.29 bits per heavy atom. The summed E-state index contributed by atoms with van der Waals surface area (Å²) >= 11 is 0. The van der Waals surface area contributed by atoms with E-state index in [0.29, 0.717) is 5.75 Å². The molecule has 1 aromatic carbocycles. The molecule has 1 amide bonds. The molecule has 0 unspecified atom stereocenters. The molecule has 0 heterocycles. The number of hydrogen-bond donors (Lipinski definition) is 1. The largest absolute Gasteiger partial charge is 0.496 e. The average molecular weight is 239 g/mol. The van der Waals surface area contributed by atoms with Crippen LogP contribution in [0.5, 0.6) is 5.75 Å². The van der Waals surface area contributed by atoms with Crippen LogP contribution in [-0.2, 0) is 4.79 Å². The minimum Gasteiger partial charge on any atom is -0.496 e. The monoisotopic (exact) mass is 239 g/mol. The quantitative estimate of drug-likeness (QED) is 0.473. The molecule has 0 aliphatic rings. The highest BCUT2D eigenvalue weighted by Crippen LogP contribution is 2.28. The van der Waals surface area contributed by atoms with E-state index in [1.807, 2.05) is 0 Å². The Morgan fingerprint density at radius 1 is 1.59 bits per heavy atom. The molecule has 0 saturated heterocycles. The number of amides is 1. The highest BCUT2D eigenvalue weighted by Gasteiger charge is 2.17. The van der Waals surface area contributed by atoms with Gasteiger partial charge >= 0.3 is 0 Å². The van der Waals surface area contributed by atoms with E-state index >= 15 is 0 Å². The van der Waals surface area contributed by atoms with Crippen molar-refractivity contribution in [1.29, 1.82) is 0 Å². The van der Waals surface area contributed by atoms with Gasteiger partial charge in [-0.25, -0.2) is 0 Å². The van der Waals surface area contributed by atoms with Gasteiger partial charge in [-0.05, 0) is 12.1 Å². The number of carbonyl (C=O) groups is 1. The van der Waals surface area contributed by atoms with E-state index in [2.05, 4.69) is 10.5 Å². The lowest BCUT2D eigenvalue weighted by Crippen LogP contribution is -2.15. The standard InChI is InChI=1S/C9H9N3O5/c1-17-6-2-3-7(8(4-6)12(15)16)11-9(13)5-10-14/h2-4H,5H2,1H3,(H,11,13). The third-order valence-corrected chi connectivity index (χ3v) is 1.88. The summed E-state index contributed by atoms with van der Waals surface area (Å²) in [5.41, 5.74) is -0.326. The van der Waals surface area contributed by atoms with Crippen molar-refractivity contribution >= 4 is 17.3 Å². The van der Waals surface area contributed by atoms with E-state index in [1.54, 1.807) is 0 Å². The van der Waals surface area contributed by atoms with Gasteiger partial charge in [-0.15, -0.1) is 0 Å². The zero-order chi connectivity index (χ0) is 12.8. The number of ether oxygens (including phenoxy) is 1. The molecule has 17 heavy (non-hydrogen) atoms. The Morgan fingerprint density at radius 3 is 2.82 bits per heavy atom. The van der Waals surface area contributed by atoms with E-state index < -0.39 is 17.4 Å². The van der Waals surface area contributed by atoms with Crippen LogP contribution in [0.4, 0.5) is 11.4 Å². The van der Waals surface area contributed by atoms with Gasteiger partial charge in [0.1, 0.15) is 11.4 Å². The topological polar surface area (TPSA) is 111 Å². The number of carbonyl (C=O) groups excluding carboxylic acids is 1. The van der Waals surface area contributed by atoms with Crippen molar-refractivity contribution < 1.29 is 14.5 Å². The molecule has 90 valence electrons. The summed E-state index contributed by atoms with van der Waals surface area (Å²) in [6, 6.07) is 3.95. The maximum atomic E-state index is 11.1. The summed E-state index contributed by atoms with van der Waals surface area (Å²) in [6.07, 6.45) is 0. The number of nitroso groups, excluding NO2 is 1. The van der Waals surface area contributed by atoms with Crippen molar-refractivity contribution in [2.45, 2.75) is 0 Å². The number of nitrogens with one attached hydrogen (secondary N) is 1. The summed E-state index contributed by atoms with van der Waals surface area (Å²) in [7, 11) is 1.37. The molecule has 0 saturated carbocycles. The fourth-order valence-electron chi connectivity index (χ4n) is 1.14. The lowest BCUT2D eigenvalue weighted by atomic mass is 10.2. The Kier molecular flexibility index (Phi) is 4.09. The average Bonchev–Trinajstić information content (AvgIpc) is 2.29. The van der Waals surface area contributed by atoms with E-state index in [1.165, 1.54) is 25.3 Å². The summed E-state index contributed by atoms with van der Waals surface area (Å²) in [6.45, 7) is -0.594. The predicted octanol–water partition coefficient (Wildman–Crippen LogP) is 1.31. The van der Waals surface area contributed by atoms with Crippen LogP contribution in [-0.4, -0.2) is 24.5 Å². The number of hydrogen-bond acceptors (Lipinski definition) is 6. The summed E-state index contributed by atoms with van der Waals surface area (Å²) in [5, 5.41) is 15.3. The number of nitro benzene ring substituents is 1. The fraction of sp³-hybridized carbons (Fsp3) is 0.222. The Hall–Kier alpha value is -2.51. The lowest BCUT2D eigenvalue weighted by Gasteiger charge is -2.05. The Labute approximate surface area is 95.7 Å². The first-order valence-corrected chi connectivity index (χ1v) is 4.50. The molecule has 0 aliphatic heterocycles. The predicted molar refractivity (Wildman–Crippen MR) is 58.9 cm³/mol. The van der Waals surface area contributed by atoms with Crippen LogP contribution in [0.15, 0.2) is 23.4 Å². The smallest absolute Gasteiger partial charge is 0.296 e. The van der Waals surface area contributed by atoms with Gasteiger partial charge in [-0.1, -0.05) is 5.18 Å². The number of anilines is 1. The Balaban J connectivity index is 3.02. The van der Waals surface area contributed by atoms with Crippen molar-refractivity contribution in [3.8, 4) is 5.75 Å². The number of rotatable bonds is 5. The molecular weight excluding hydrogens is 230 g/mol. The maximum absolute atomic E-state index is 11.1. The van der Waals surface area contributed by atoms with Crippen molar-refractivity contribution in [3.63, 3.8) is 0 Å². The fourth-order valence-corrected chi connectivity index (χ4v) is 1.14. The van der Waals surface area contributed by atoms with Crippen molar-refractivity contribution in [2.75, 3.05) is 19.0 Å². The van der Waals surface area contributed by atoms with Crippen LogP contribution >= 0.6 is 0 Å². The molecule has 0 aliphatic carbocycles. The highest BCUT2D eigenvalue weighted by atomic mass is 16.6.